The number of para-hydroxylation sites is 1. The highest BCUT2D eigenvalue weighted by atomic mass is 16.5. The van der Waals surface area contributed by atoms with Crippen LogP contribution in [0.2, 0.25) is 0 Å². The van der Waals surface area contributed by atoms with E-state index in [4.69, 9.17) is 4.74 Å². The van der Waals surface area contributed by atoms with E-state index >= 15 is 0 Å². The van der Waals surface area contributed by atoms with E-state index < -0.39 is 0 Å². The third kappa shape index (κ3) is 3.85. The molecule has 0 atom stereocenters. The molecule has 1 aromatic heterocycles. The number of ether oxygens (including phenoxy) is 1. The van der Waals surface area contributed by atoms with E-state index in [0.29, 0.717) is 6.61 Å². The lowest BCUT2D eigenvalue weighted by Gasteiger charge is -2.01. The number of hydrogen-bond acceptors (Lipinski definition) is 3. The molecule has 80 valence electrons. The van der Waals surface area contributed by atoms with E-state index in [1.165, 1.54) is 6.26 Å². The lowest BCUT2D eigenvalue weighted by atomic mass is 10.3. The third-order valence-electron chi connectivity index (χ3n) is 1.62. The Labute approximate surface area is 89.7 Å². The zero-order valence-corrected chi connectivity index (χ0v) is 9.01. The van der Waals surface area contributed by atoms with Gasteiger partial charge in [-0.05, 0) is 12.1 Å². The Morgan fingerprint density at radius 3 is 2.47 bits per heavy atom. The molecule has 15 heavy (non-hydrogen) atoms. The highest BCUT2D eigenvalue weighted by molar-refractivity contribution is 5.21. The minimum absolute atomic E-state index is 0.445. The van der Waals surface area contributed by atoms with Crippen LogP contribution in [0, 0.1) is 0 Å². The predicted molar refractivity (Wildman–Crippen MR) is 58.6 cm³/mol. The summed E-state index contributed by atoms with van der Waals surface area (Å²) in [7, 11) is 0. The second-order valence-corrected chi connectivity index (χ2v) is 2.59. The third-order valence-corrected chi connectivity index (χ3v) is 1.62. The van der Waals surface area contributed by atoms with Crippen LogP contribution in [-0.2, 0) is 6.61 Å². The van der Waals surface area contributed by atoms with Gasteiger partial charge in [0.2, 0.25) is 0 Å². The minimum atomic E-state index is 0.445. The van der Waals surface area contributed by atoms with Gasteiger partial charge in [0.05, 0.1) is 0 Å². The summed E-state index contributed by atoms with van der Waals surface area (Å²) in [4.78, 5) is 0. The topological polar surface area (TPSA) is 35.3 Å². The minimum Gasteiger partial charge on any atom is -0.487 e. The molecule has 0 fully saturated rings. The van der Waals surface area contributed by atoms with Crippen LogP contribution in [0.15, 0.2) is 47.2 Å². The van der Waals surface area contributed by atoms with E-state index in [2.05, 4.69) is 9.68 Å². The van der Waals surface area contributed by atoms with Crippen LogP contribution in [0.4, 0.5) is 0 Å². The van der Waals surface area contributed by atoms with Crippen molar-refractivity contribution < 1.29 is 9.26 Å². The normalized spacial score (nSPS) is 8.93. The number of aromatic nitrogens is 1. The zero-order valence-electron chi connectivity index (χ0n) is 9.01. The second-order valence-electron chi connectivity index (χ2n) is 2.59. The molecule has 1 aromatic carbocycles. The smallest absolute Gasteiger partial charge is 0.134 e. The molecule has 0 saturated carbocycles. The van der Waals surface area contributed by atoms with Gasteiger partial charge in [-0.1, -0.05) is 37.2 Å². The van der Waals surface area contributed by atoms with Crippen LogP contribution in [0.25, 0.3) is 0 Å². The van der Waals surface area contributed by atoms with Gasteiger partial charge in [-0.15, -0.1) is 0 Å². The van der Waals surface area contributed by atoms with Gasteiger partial charge in [-0.25, -0.2) is 0 Å². The number of nitrogens with zero attached hydrogens (tertiary/aromatic N) is 1. The first kappa shape index (κ1) is 11.3. The van der Waals surface area contributed by atoms with E-state index in [1.807, 2.05) is 44.2 Å². The van der Waals surface area contributed by atoms with Crippen molar-refractivity contribution in [2.45, 2.75) is 20.5 Å². The molecule has 0 spiro atoms. The fraction of sp³-hybridized carbons (Fsp3) is 0.250. The molecule has 0 bridgehead atoms. The first-order chi connectivity index (χ1) is 7.45. The Bertz CT molecular complexity index is 343. The molecule has 3 nitrogen and oxygen atoms in total. The van der Waals surface area contributed by atoms with Crippen molar-refractivity contribution in [1.82, 2.24) is 5.16 Å². The average molecular weight is 205 g/mol. The van der Waals surface area contributed by atoms with Crippen molar-refractivity contribution >= 4 is 0 Å². The SMILES string of the molecule is CC.c1ccc(OCc2ccon2)cc1. The summed E-state index contributed by atoms with van der Waals surface area (Å²) in [5.41, 5.74) is 0.795. The largest absolute Gasteiger partial charge is 0.487 e. The van der Waals surface area contributed by atoms with Gasteiger partial charge in [-0.3, -0.25) is 0 Å². The van der Waals surface area contributed by atoms with E-state index in [0.717, 1.165) is 11.4 Å². The Hall–Kier alpha value is -1.77. The Kier molecular flexibility index (Phi) is 5.01. The van der Waals surface area contributed by atoms with Crippen molar-refractivity contribution in [2.24, 2.45) is 0 Å². The van der Waals surface area contributed by atoms with E-state index in [-0.39, 0.29) is 0 Å². The number of rotatable bonds is 3. The maximum Gasteiger partial charge on any atom is 0.134 e. The molecule has 0 N–H and O–H groups in total. The molecule has 2 rings (SSSR count). The van der Waals surface area contributed by atoms with Gasteiger partial charge in [0.25, 0.3) is 0 Å². The fourth-order valence-corrected chi connectivity index (χ4v) is 0.986. The van der Waals surface area contributed by atoms with Crippen LogP contribution in [0.3, 0.4) is 0 Å². The van der Waals surface area contributed by atoms with Crippen LogP contribution in [0.1, 0.15) is 19.5 Å². The van der Waals surface area contributed by atoms with Crippen molar-refractivity contribution in [1.29, 1.82) is 0 Å². The Morgan fingerprint density at radius 1 is 1.13 bits per heavy atom. The molecular weight excluding hydrogens is 190 g/mol. The van der Waals surface area contributed by atoms with Crippen LogP contribution in [0.5, 0.6) is 5.75 Å². The highest BCUT2D eigenvalue weighted by Gasteiger charge is 1.96. The molecule has 2 aromatic rings. The number of benzene rings is 1. The molecule has 0 unspecified atom stereocenters. The van der Waals surface area contributed by atoms with Crippen LogP contribution < -0.4 is 4.74 Å². The maximum absolute atomic E-state index is 5.43. The van der Waals surface area contributed by atoms with Crippen molar-refractivity contribution in [3.8, 4) is 5.75 Å². The summed E-state index contributed by atoms with van der Waals surface area (Å²) in [6.45, 7) is 4.44. The van der Waals surface area contributed by atoms with Gasteiger partial charge in [0, 0.05) is 6.07 Å². The summed E-state index contributed by atoms with van der Waals surface area (Å²) in [6.07, 6.45) is 1.53. The molecular formula is C12H15NO2. The van der Waals surface area contributed by atoms with Crippen molar-refractivity contribution in [3.05, 3.63) is 48.4 Å². The van der Waals surface area contributed by atoms with Gasteiger partial charge < -0.3 is 9.26 Å². The zero-order chi connectivity index (χ0) is 10.9. The molecule has 0 saturated heterocycles. The average Bonchev–Trinajstić information content (AvgIpc) is 2.83. The molecule has 0 aliphatic heterocycles. The van der Waals surface area contributed by atoms with Crippen molar-refractivity contribution in [2.75, 3.05) is 0 Å². The summed E-state index contributed by atoms with van der Waals surface area (Å²) < 4.78 is 10.1. The standard InChI is InChI=1S/C10H9NO2.C2H6/c1-2-4-10(5-3-1)12-8-9-6-7-13-11-9;1-2/h1-7H,8H2;1-2H3. The second kappa shape index (κ2) is 6.65. The molecule has 0 aliphatic rings. The van der Waals surface area contributed by atoms with Crippen LogP contribution in [-0.4, -0.2) is 5.16 Å². The first-order valence-corrected chi connectivity index (χ1v) is 5.02. The highest BCUT2D eigenvalue weighted by Crippen LogP contribution is 2.10. The Balaban J connectivity index is 0.000000531. The summed E-state index contributed by atoms with van der Waals surface area (Å²) >= 11 is 0. The van der Waals surface area contributed by atoms with Crippen LogP contribution >= 0.6 is 0 Å². The summed E-state index contributed by atoms with van der Waals surface area (Å²) in [5, 5.41) is 3.73. The lowest BCUT2D eigenvalue weighted by Crippen LogP contribution is -1.94. The molecule has 1 heterocycles. The van der Waals surface area contributed by atoms with Gasteiger partial charge >= 0.3 is 0 Å². The molecule has 0 amide bonds. The van der Waals surface area contributed by atoms with Gasteiger partial charge in [-0.2, -0.15) is 0 Å². The van der Waals surface area contributed by atoms with Gasteiger partial charge in [0.15, 0.2) is 0 Å². The number of hydrogen-bond donors (Lipinski definition) is 0. The molecule has 0 radical (unpaired) electrons. The predicted octanol–water partition coefficient (Wildman–Crippen LogP) is 3.28. The monoisotopic (exact) mass is 205 g/mol. The maximum atomic E-state index is 5.43. The molecule has 3 heteroatoms. The lowest BCUT2D eigenvalue weighted by molar-refractivity contribution is 0.289. The molecule has 0 aliphatic carbocycles. The summed E-state index contributed by atoms with van der Waals surface area (Å²) in [6, 6.07) is 11.4. The first-order valence-electron chi connectivity index (χ1n) is 5.02. The van der Waals surface area contributed by atoms with Crippen molar-refractivity contribution in [3.63, 3.8) is 0 Å². The summed E-state index contributed by atoms with van der Waals surface area (Å²) in [5.74, 6) is 0.838. The van der Waals surface area contributed by atoms with E-state index in [9.17, 15) is 0 Å². The quantitative estimate of drug-likeness (QED) is 0.771. The Morgan fingerprint density at radius 2 is 1.87 bits per heavy atom. The fourth-order valence-electron chi connectivity index (χ4n) is 0.986. The van der Waals surface area contributed by atoms with Gasteiger partial charge in [0.1, 0.15) is 24.3 Å². The van der Waals surface area contributed by atoms with E-state index in [1.54, 1.807) is 6.07 Å².